The number of phenolic OH excluding ortho intramolecular Hbond substituents is 1. The fourth-order valence-corrected chi connectivity index (χ4v) is 2.31. The van der Waals surface area contributed by atoms with Crippen molar-refractivity contribution in [3.8, 4) is 17.2 Å². The first kappa shape index (κ1) is 13.9. The lowest BCUT2D eigenvalue weighted by Crippen LogP contribution is -1.90. The van der Waals surface area contributed by atoms with E-state index in [0.717, 1.165) is 5.56 Å². The van der Waals surface area contributed by atoms with E-state index in [0.29, 0.717) is 28.7 Å². The van der Waals surface area contributed by atoms with E-state index in [2.05, 4.69) is 10.1 Å². The normalized spacial score (nSPS) is 10.8. The van der Waals surface area contributed by atoms with Gasteiger partial charge in [-0.1, -0.05) is 40.5 Å². The molecular formula is C15H10Cl2N2O2. The number of halogens is 2. The monoisotopic (exact) mass is 320 g/mol. The van der Waals surface area contributed by atoms with Gasteiger partial charge in [0.2, 0.25) is 0 Å². The van der Waals surface area contributed by atoms with Crippen molar-refractivity contribution in [3.05, 3.63) is 63.9 Å². The molecule has 21 heavy (non-hydrogen) atoms. The van der Waals surface area contributed by atoms with Gasteiger partial charge < -0.3 is 9.63 Å². The average Bonchev–Trinajstić information content (AvgIpc) is 2.90. The summed E-state index contributed by atoms with van der Waals surface area (Å²) in [7, 11) is 0. The first-order valence-corrected chi connectivity index (χ1v) is 6.93. The SMILES string of the molecule is Oc1ccc(-c2nc(Cc3cccc(Cl)c3)no2)cc1Cl. The number of benzene rings is 2. The second-order valence-electron chi connectivity index (χ2n) is 4.49. The van der Waals surface area contributed by atoms with Crippen LogP contribution in [0.15, 0.2) is 47.0 Å². The van der Waals surface area contributed by atoms with E-state index in [-0.39, 0.29) is 10.8 Å². The zero-order valence-electron chi connectivity index (χ0n) is 10.8. The van der Waals surface area contributed by atoms with Crippen LogP contribution in [0.4, 0.5) is 0 Å². The van der Waals surface area contributed by atoms with Crippen LogP contribution in [-0.2, 0) is 6.42 Å². The highest BCUT2D eigenvalue weighted by Gasteiger charge is 2.11. The van der Waals surface area contributed by atoms with Crippen LogP contribution in [-0.4, -0.2) is 15.2 Å². The molecule has 0 saturated heterocycles. The summed E-state index contributed by atoms with van der Waals surface area (Å²) in [5, 5.41) is 14.2. The maximum absolute atomic E-state index is 9.41. The van der Waals surface area contributed by atoms with Crippen LogP contribution in [0.25, 0.3) is 11.5 Å². The molecule has 0 amide bonds. The van der Waals surface area contributed by atoms with E-state index in [1.165, 1.54) is 6.07 Å². The molecule has 0 spiro atoms. The van der Waals surface area contributed by atoms with Crippen molar-refractivity contribution in [1.29, 1.82) is 0 Å². The van der Waals surface area contributed by atoms with Gasteiger partial charge in [-0.3, -0.25) is 0 Å². The maximum Gasteiger partial charge on any atom is 0.257 e. The maximum atomic E-state index is 9.41. The molecule has 0 bridgehead atoms. The molecule has 0 fully saturated rings. The topological polar surface area (TPSA) is 59.2 Å². The Bertz CT molecular complexity index is 787. The molecule has 1 N–H and O–H groups in total. The lowest BCUT2D eigenvalue weighted by molar-refractivity contribution is 0.423. The van der Waals surface area contributed by atoms with E-state index < -0.39 is 0 Å². The molecule has 0 aliphatic rings. The average molecular weight is 321 g/mol. The first-order valence-electron chi connectivity index (χ1n) is 6.18. The number of rotatable bonds is 3. The van der Waals surface area contributed by atoms with E-state index in [9.17, 15) is 5.11 Å². The summed E-state index contributed by atoms with van der Waals surface area (Å²) < 4.78 is 5.21. The second-order valence-corrected chi connectivity index (χ2v) is 5.33. The molecular weight excluding hydrogens is 311 g/mol. The van der Waals surface area contributed by atoms with Crippen LogP contribution in [0.5, 0.6) is 5.75 Å². The van der Waals surface area contributed by atoms with Crippen molar-refractivity contribution in [2.24, 2.45) is 0 Å². The summed E-state index contributed by atoms with van der Waals surface area (Å²) in [6.07, 6.45) is 0.524. The fraction of sp³-hybridized carbons (Fsp3) is 0.0667. The lowest BCUT2D eigenvalue weighted by atomic mass is 10.1. The summed E-state index contributed by atoms with van der Waals surface area (Å²) >= 11 is 11.8. The van der Waals surface area contributed by atoms with Crippen molar-refractivity contribution < 1.29 is 9.63 Å². The predicted octanol–water partition coefficient (Wildman–Crippen LogP) is 4.34. The van der Waals surface area contributed by atoms with Crippen molar-refractivity contribution in [2.75, 3.05) is 0 Å². The van der Waals surface area contributed by atoms with Gasteiger partial charge in [0, 0.05) is 17.0 Å². The molecule has 3 aromatic rings. The highest BCUT2D eigenvalue weighted by Crippen LogP contribution is 2.28. The molecule has 1 aromatic heterocycles. The Morgan fingerprint density at radius 3 is 2.71 bits per heavy atom. The minimum atomic E-state index is 0.0130. The van der Waals surface area contributed by atoms with Gasteiger partial charge in [0.15, 0.2) is 5.82 Å². The van der Waals surface area contributed by atoms with Gasteiger partial charge in [-0.15, -0.1) is 0 Å². The van der Waals surface area contributed by atoms with Crippen molar-refractivity contribution in [3.63, 3.8) is 0 Å². The van der Waals surface area contributed by atoms with Gasteiger partial charge in [-0.25, -0.2) is 0 Å². The smallest absolute Gasteiger partial charge is 0.257 e. The third-order valence-electron chi connectivity index (χ3n) is 2.91. The Hall–Kier alpha value is -2.04. The highest BCUT2D eigenvalue weighted by molar-refractivity contribution is 6.32. The number of hydrogen-bond acceptors (Lipinski definition) is 4. The molecule has 0 radical (unpaired) electrons. The molecule has 0 unspecified atom stereocenters. The summed E-state index contributed by atoms with van der Waals surface area (Å²) in [6, 6.07) is 12.2. The molecule has 0 saturated carbocycles. The van der Waals surface area contributed by atoms with Gasteiger partial charge in [-0.05, 0) is 35.9 Å². The molecule has 106 valence electrons. The zero-order chi connectivity index (χ0) is 14.8. The van der Waals surface area contributed by atoms with Gasteiger partial charge in [0.25, 0.3) is 5.89 Å². The van der Waals surface area contributed by atoms with Crippen molar-refractivity contribution >= 4 is 23.2 Å². The molecule has 0 aliphatic carbocycles. The summed E-state index contributed by atoms with van der Waals surface area (Å²) in [5.41, 5.74) is 1.65. The van der Waals surface area contributed by atoms with E-state index >= 15 is 0 Å². The summed E-state index contributed by atoms with van der Waals surface area (Å²) in [4.78, 5) is 4.32. The number of phenols is 1. The molecule has 2 aromatic carbocycles. The Kier molecular flexibility index (Phi) is 3.82. The number of aromatic nitrogens is 2. The quantitative estimate of drug-likeness (QED) is 0.779. The second kappa shape index (κ2) is 5.76. The van der Waals surface area contributed by atoms with Gasteiger partial charge in [-0.2, -0.15) is 4.98 Å². The summed E-state index contributed by atoms with van der Waals surface area (Å²) in [5.74, 6) is 0.921. The third-order valence-corrected chi connectivity index (χ3v) is 3.45. The molecule has 0 atom stereocenters. The Morgan fingerprint density at radius 2 is 1.95 bits per heavy atom. The van der Waals surface area contributed by atoms with Crippen LogP contribution < -0.4 is 0 Å². The molecule has 1 heterocycles. The molecule has 3 rings (SSSR count). The standard InChI is InChI=1S/C15H10Cl2N2O2/c16-11-3-1-2-9(6-11)7-14-18-15(21-19-14)10-4-5-13(20)12(17)8-10/h1-6,8,20H,7H2. The number of nitrogens with zero attached hydrogens (tertiary/aromatic N) is 2. The highest BCUT2D eigenvalue weighted by atomic mass is 35.5. The predicted molar refractivity (Wildman–Crippen MR) is 80.7 cm³/mol. The summed E-state index contributed by atoms with van der Waals surface area (Å²) in [6.45, 7) is 0. The number of aromatic hydroxyl groups is 1. The Morgan fingerprint density at radius 1 is 1.10 bits per heavy atom. The van der Waals surface area contributed by atoms with Crippen LogP contribution in [0.3, 0.4) is 0 Å². The molecule has 0 aliphatic heterocycles. The van der Waals surface area contributed by atoms with E-state index in [1.807, 2.05) is 24.3 Å². The number of hydrogen-bond donors (Lipinski definition) is 1. The first-order chi connectivity index (χ1) is 10.1. The van der Waals surface area contributed by atoms with E-state index in [4.69, 9.17) is 27.7 Å². The Labute approximate surface area is 130 Å². The third kappa shape index (κ3) is 3.17. The van der Waals surface area contributed by atoms with Crippen molar-refractivity contribution in [1.82, 2.24) is 10.1 Å². The van der Waals surface area contributed by atoms with Crippen LogP contribution in [0, 0.1) is 0 Å². The van der Waals surface area contributed by atoms with Gasteiger partial charge >= 0.3 is 0 Å². The minimum Gasteiger partial charge on any atom is -0.506 e. The van der Waals surface area contributed by atoms with Gasteiger partial charge in [0.1, 0.15) is 5.75 Å². The lowest BCUT2D eigenvalue weighted by Gasteiger charge is -1.98. The molecule has 4 nitrogen and oxygen atoms in total. The minimum absolute atomic E-state index is 0.0130. The van der Waals surface area contributed by atoms with E-state index in [1.54, 1.807) is 12.1 Å². The fourth-order valence-electron chi connectivity index (χ4n) is 1.91. The van der Waals surface area contributed by atoms with Crippen molar-refractivity contribution in [2.45, 2.75) is 6.42 Å². The van der Waals surface area contributed by atoms with Crippen LogP contribution >= 0.6 is 23.2 Å². The van der Waals surface area contributed by atoms with Crippen LogP contribution in [0.1, 0.15) is 11.4 Å². The van der Waals surface area contributed by atoms with Crippen LogP contribution in [0.2, 0.25) is 10.0 Å². The Balaban J connectivity index is 1.84. The molecule has 6 heteroatoms. The zero-order valence-corrected chi connectivity index (χ0v) is 12.3. The van der Waals surface area contributed by atoms with Gasteiger partial charge in [0.05, 0.1) is 5.02 Å². The largest absolute Gasteiger partial charge is 0.506 e.